The lowest BCUT2D eigenvalue weighted by Gasteiger charge is -2.43. The topological polar surface area (TPSA) is 66.8 Å². The number of ether oxygens (including phenoxy) is 1. The predicted molar refractivity (Wildman–Crippen MR) is 138 cm³/mol. The molecule has 1 rings (SSSR count). The summed E-state index contributed by atoms with van der Waals surface area (Å²) in [6.07, 6.45) is 17.7. The Bertz CT molecular complexity index is 568. The van der Waals surface area contributed by atoms with Gasteiger partial charge in [-0.1, -0.05) is 90.7 Å². The largest absolute Gasteiger partial charge is 0.466 e. The molecule has 194 valence electrons. The zero-order chi connectivity index (χ0) is 24.7. The first kappa shape index (κ1) is 30.2. The van der Waals surface area contributed by atoms with Crippen LogP contribution in [0.3, 0.4) is 0 Å². The number of carbonyl (C=O) groups is 1. The molecule has 0 aromatic heterocycles. The van der Waals surface area contributed by atoms with Gasteiger partial charge < -0.3 is 14.9 Å². The lowest BCUT2D eigenvalue weighted by molar-refractivity contribution is -0.143. The van der Waals surface area contributed by atoms with Crippen molar-refractivity contribution in [3.63, 3.8) is 0 Å². The Labute approximate surface area is 204 Å². The Morgan fingerprint density at radius 3 is 2.36 bits per heavy atom. The van der Waals surface area contributed by atoms with Crippen LogP contribution in [0.4, 0.5) is 0 Å². The van der Waals surface area contributed by atoms with Crippen LogP contribution < -0.4 is 0 Å². The van der Waals surface area contributed by atoms with Crippen LogP contribution in [-0.2, 0) is 9.53 Å². The summed E-state index contributed by atoms with van der Waals surface area (Å²) >= 11 is 0. The van der Waals surface area contributed by atoms with E-state index in [0.717, 1.165) is 77.0 Å². The van der Waals surface area contributed by atoms with Crippen molar-refractivity contribution in [2.45, 2.75) is 149 Å². The summed E-state index contributed by atoms with van der Waals surface area (Å²) < 4.78 is 4.99. The van der Waals surface area contributed by atoms with Crippen molar-refractivity contribution in [3.8, 4) is 0 Å². The van der Waals surface area contributed by atoms with Gasteiger partial charge in [0, 0.05) is 12.3 Å². The first-order chi connectivity index (χ1) is 15.7. The highest BCUT2D eigenvalue weighted by Gasteiger charge is 2.42. The first-order valence-corrected chi connectivity index (χ1v) is 14.0. The van der Waals surface area contributed by atoms with E-state index in [4.69, 9.17) is 4.74 Å². The summed E-state index contributed by atoms with van der Waals surface area (Å²) in [5, 5.41) is 22.4. The van der Waals surface area contributed by atoms with Crippen molar-refractivity contribution in [1.29, 1.82) is 0 Å². The van der Waals surface area contributed by atoms with Crippen molar-refractivity contribution in [2.75, 3.05) is 6.61 Å². The van der Waals surface area contributed by atoms with Crippen LogP contribution in [-0.4, -0.2) is 34.5 Å². The summed E-state index contributed by atoms with van der Waals surface area (Å²) in [6, 6.07) is 0. The lowest BCUT2D eigenvalue weighted by atomic mass is 9.67. The minimum atomic E-state index is -0.685. The molecule has 2 N–H and O–H groups in total. The summed E-state index contributed by atoms with van der Waals surface area (Å²) in [5.41, 5.74) is 0.559. The number of hydrogen-bond acceptors (Lipinski definition) is 4. The fourth-order valence-corrected chi connectivity index (χ4v) is 5.34. The van der Waals surface area contributed by atoms with Crippen LogP contribution >= 0.6 is 0 Å². The Kier molecular flexibility index (Phi) is 14.6. The number of hydrogen-bond donors (Lipinski definition) is 2. The average Bonchev–Trinajstić information content (AvgIpc) is 3.13. The Morgan fingerprint density at radius 1 is 1.00 bits per heavy atom. The van der Waals surface area contributed by atoms with Crippen molar-refractivity contribution in [1.82, 2.24) is 0 Å². The van der Waals surface area contributed by atoms with Crippen molar-refractivity contribution < 1.29 is 19.7 Å². The summed E-state index contributed by atoms with van der Waals surface area (Å²) in [4.78, 5) is 11.5. The molecule has 0 bridgehead atoms. The molecular weight excluding hydrogens is 412 g/mol. The molecule has 0 aromatic rings. The monoisotopic (exact) mass is 466 g/mol. The summed E-state index contributed by atoms with van der Waals surface area (Å²) in [5.74, 6) is 0.135. The van der Waals surface area contributed by atoms with Crippen LogP contribution in [0.5, 0.6) is 0 Å². The van der Waals surface area contributed by atoms with E-state index >= 15 is 0 Å². The highest BCUT2D eigenvalue weighted by molar-refractivity contribution is 5.69. The van der Waals surface area contributed by atoms with Gasteiger partial charge in [-0.3, -0.25) is 4.79 Å². The van der Waals surface area contributed by atoms with Gasteiger partial charge >= 0.3 is 5.97 Å². The van der Waals surface area contributed by atoms with Crippen LogP contribution in [0.1, 0.15) is 137 Å². The molecule has 4 nitrogen and oxygen atoms in total. The summed E-state index contributed by atoms with van der Waals surface area (Å²) in [6.45, 7) is 11.2. The fraction of sp³-hybridized carbons (Fsp3) is 0.897. The van der Waals surface area contributed by atoms with E-state index in [-0.39, 0.29) is 23.4 Å². The van der Waals surface area contributed by atoms with Crippen LogP contribution in [0.2, 0.25) is 0 Å². The fourth-order valence-electron chi connectivity index (χ4n) is 5.34. The standard InChI is InChI=1S/C29H54O4/c1-6-9-15-22-29(32,28(4,5)21-10-7-2)23-20-24-18-19-26(30)25(24)16-13-11-12-14-17-27(31)33-8-3/h20,25-26,30,32H,6-19,21-23H2,1-5H3/t25-,26-,29?/m1/s1. The minimum Gasteiger partial charge on any atom is -0.466 e. The Morgan fingerprint density at radius 2 is 1.70 bits per heavy atom. The second-order valence-electron chi connectivity index (χ2n) is 10.9. The smallest absolute Gasteiger partial charge is 0.305 e. The number of rotatable bonds is 18. The predicted octanol–water partition coefficient (Wildman–Crippen LogP) is 7.51. The molecule has 0 amide bonds. The highest BCUT2D eigenvalue weighted by Crippen LogP contribution is 2.44. The van der Waals surface area contributed by atoms with Gasteiger partial charge in [0.15, 0.2) is 0 Å². The number of esters is 1. The molecule has 1 fully saturated rings. The van der Waals surface area contributed by atoms with E-state index < -0.39 is 5.60 Å². The van der Waals surface area contributed by atoms with Crippen LogP contribution in [0.15, 0.2) is 11.6 Å². The quantitative estimate of drug-likeness (QED) is 0.125. The molecule has 0 aromatic carbocycles. The molecule has 1 aliphatic rings. The molecule has 3 atom stereocenters. The van der Waals surface area contributed by atoms with Crippen LogP contribution in [0, 0.1) is 11.3 Å². The molecule has 0 radical (unpaired) electrons. The number of carbonyl (C=O) groups excluding carboxylic acids is 1. The normalized spacial score (nSPS) is 22.0. The summed E-state index contributed by atoms with van der Waals surface area (Å²) in [7, 11) is 0. The molecule has 4 heteroatoms. The number of aliphatic hydroxyl groups is 2. The molecule has 1 aliphatic carbocycles. The van der Waals surface area contributed by atoms with E-state index in [1.165, 1.54) is 18.4 Å². The molecule has 33 heavy (non-hydrogen) atoms. The average molecular weight is 467 g/mol. The van der Waals surface area contributed by atoms with E-state index in [1.807, 2.05) is 6.92 Å². The van der Waals surface area contributed by atoms with Gasteiger partial charge in [-0.2, -0.15) is 0 Å². The molecule has 1 unspecified atom stereocenters. The van der Waals surface area contributed by atoms with Gasteiger partial charge in [0.05, 0.1) is 18.3 Å². The lowest BCUT2D eigenvalue weighted by Crippen LogP contribution is -2.44. The Hall–Kier alpha value is -0.870. The van der Waals surface area contributed by atoms with Gasteiger partial charge in [-0.05, 0) is 57.3 Å². The van der Waals surface area contributed by atoms with E-state index in [1.54, 1.807) is 0 Å². The maximum absolute atomic E-state index is 11.8. The third-order valence-corrected chi connectivity index (χ3v) is 7.93. The van der Waals surface area contributed by atoms with Crippen molar-refractivity contribution in [2.24, 2.45) is 11.3 Å². The maximum atomic E-state index is 11.8. The molecule has 0 heterocycles. The second-order valence-corrected chi connectivity index (χ2v) is 10.9. The molecule has 0 aliphatic heterocycles. The van der Waals surface area contributed by atoms with E-state index in [9.17, 15) is 15.0 Å². The van der Waals surface area contributed by atoms with Gasteiger partial charge in [0.1, 0.15) is 0 Å². The van der Waals surface area contributed by atoms with Gasteiger partial charge in [-0.15, -0.1) is 0 Å². The van der Waals surface area contributed by atoms with Crippen LogP contribution in [0.25, 0.3) is 0 Å². The maximum Gasteiger partial charge on any atom is 0.305 e. The van der Waals surface area contributed by atoms with Gasteiger partial charge in [0.2, 0.25) is 0 Å². The van der Waals surface area contributed by atoms with Crippen molar-refractivity contribution in [3.05, 3.63) is 11.6 Å². The van der Waals surface area contributed by atoms with Gasteiger partial charge in [0.25, 0.3) is 0 Å². The molecule has 1 saturated carbocycles. The number of aliphatic hydroxyl groups excluding tert-OH is 1. The van der Waals surface area contributed by atoms with E-state index in [2.05, 4.69) is 33.8 Å². The zero-order valence-electron chi connectivity index (χ0n) is 22.5. The minimum absolute atomic E-state index is 0.0952. The second kappa shape index (κ2) is 15.9. The third kappa shape index (κ3) is 10.5. The zero-order valence-corrected chi connectivity index (χ0v) is 22.5. The highest BCUT2D eigenvalue weighted by atomic mass is 16.5. The molecular formula is C29H54O4. The first-order valence-electron chi connectivity index (χ1n) is 14.0. The van der Waals surface area contributed by atoms with Gasteiger partial charge in [-0.25, -0.2) is 0 Å². The number of unbranched alkanes of at least 4 members (excludes halogenated alkanes) is 6. The molecule has 0 spiro atoms. The third-order valence-electron chi connectivity index (χ3n) is 7.93. The van der Waals surface area contributed by atoms with E-state index in [0.29, 0.717) is 19.4 Å². The molecule has 0 saturated heterocycles. The SMILES string of the molecule is CCCCCC(O)(CC=C1CC[C@@H](O)[C@@H]1CCCCCCC(=O)OCC)C(C)(C)CCCC. The van der Waals surface area contributed by atoms with Crippen molar-refractivity contribution >= 4 is 5.97 Å². The Balaban J connectivity index is 2.67.